The van der Waals surface area contributed by atoms with Crippen LogP contribution in [0.25, 0.3) is 11.0 Å². The second-order valence-corrected chi connectivity index (χ2v) is 7.85. The molecule has 0 saturated heterocycles. The molecule has 0 radical (unpaired) electrons. The molecule has 1 aromatic carbocycles. The first-order chi connectivity index (χ1) is 13.2. The lowest BCUT2D eigenvalue weighted by Crippen LogP contribution is -2.03. The van der Waals surface area contributed by atoms with E-state index in [1.165, 1.54) is 10.9 Å². The van der Waals surface area contributed by atoms with Crippen LogP contribution in [0, 0.1) is 0 Å². The molecule has 0 fully saturated rings. The van der Waals surface area contributed by atoms with Gasteiger partial charge in [-0.3, -0.25) is 0 Å². The van der Waals surface area contributed by atoms with E-state index in [0.29, 0.717) is 17.1 Å². The Bertz CT molecular complexity index is 1100. The number of methoxy groups -OCH3 is 1. The molecule has 4 aromatic rings. The molecular weight excluding hydrogens is 382 g/mol. The van der Waals surface area contributed by atoms with Gasteiger partial charge in [-0.25, -0.2) is 4.79 Å². The lowest BCUT2D eigenvalue weighted by molar-refractivity contribution is 0.414. The summed E-state index contributed by atoms with van der Waals surface area (Å²) in [6, 6.07) is 11.2. The van der Waals surface area contributed by atoms with Crippen LogP contribution in [0.1, 0.15) is 10.4 Å². The van der Waals surface area contributed by atoms with Gasteiger partial charge in [0.25, 0.3) is 0 Å². The Kier molecular flexibility index (Phi) is 5.26. The molecule has 4 rings (SSSR count). The van der Waals surface area contributed by atoms with Crippen LogP contribution in [0.4, 0.5) is 0 Å². The zero-order valence-corrected chi connectivity index (χ0v) is 16.3. The summed E-state index contributed by atoms with van der Waals surface area (Å²) < 4.78 is 12.6. The van der Waals surface area contributed by atoms with Crippen LogP contribution in [0.3, 0.4) is 0 Å². The highest BCUT2D eigenvalue weighted by Crippen LogP contribution is 2.27. The maximum absolute atomic E-state index is 11.9. The highest BCUT2D eigenvalue weighted by Gasteiger charge is 2.11. The third kappa shape index (κ3) is 4.06. The van der Waals surface area contributed by atoms with Crippen molar-refractivity contribution in [3.8, 4) is 5.75 Å². The summed E-state index contributed by atoms with van der Waals surface area (Å²) in [5.41, 5.74) is 1.06. The average molecular weight is 399 g/mol. The van der Waals surface area contributed by atoms with Gasteiger partial charge < -0.3 is 13.7 Å². The third-order valence-corrected chi connectivity index (χ3v) is 6.12. The van der Waals surface area contributed by atoms with E-state index in [0.717, 1.165) is 29.1 Å². The van der Waals surface area contributed by atoms with Crippen molar-refractivity contribution in [2.24, 2.45) is 0 Å². The molecule has 0 spiro atoms. The van der Waals surface area contributed by atoms with E-state index in [2.05, 4.69) is 27.7 Å². The molecule has 138 valence electrons. The minimum absolute atomic E-state index is 0.370. The first kappa shape index (κ1) is 17.8. The Morgan fingerprint density at radius 2 is 2.22 bits per heavy atom. The molecule has 0 bridgehead atoms. The molecule has 0 aliphatic heterocycles. The summed E-state index contributed by atoms with van der Waals surface area (Å²) in [5.74, 6) is 1.26. The van der Waals surface area contributed by atoms with Crippen molar-refractivity contribution in [3.63, 3.8) is 0 Å². The summed E-state index contributed by atoms with van der Waals surface area (Å²) in [7, 11) is 1.59. The lowest BCUT2D eigenvalue weighted by atomic mass is 10.1. The van der Waals surface area contributed by atoms with Gasteiger partial charge in [0.2, 0.25) is 0 Å². The number of benzene rings is 1. The number of rotatable bonds is 7. The SMILES string of the molecule is COc1ccc2c(CSc3nncn3CCc3cccs3)cc(=O)oc2c1. The topological polar surface area (TPSA) is 70.2 Å². The minimum Gasteiger partial charge on any atom is -0.497 e. The van der Waals surface area contributed by atoms with E-state index in [-0.39, 0.29) is 5.63 Å². The average Bonchev–Trinajstić information content (AvgIpc) is 3.35. The van der Waals surface area contributed by atoms with Gasteiger partial charge in [0.05, 0.1) is 7.11 Å². The number of fused-ring (bicyclic) bond motifs is 1. The fourth-order valence-electron chi connectivity index (χ4n) is 2.79. The first-order valence-corrected chi connectivity index (χ1v) is 10.2. The van der Waals surface area contributed by atoms with Crippen molar-refractivity contribution in [2.75, 3.05) is 7.11 Å². The van der Waals surface area contributed by atoms with E-state index in [1.54, 1.807) is 42.6 Å². The van der Waals surface area contributed by atoms with Gasteiger partial charge >= 0.3 is 5.63 Å². The summed E-state index contributed by atoms with van der Waals surface area (Å²) >= 11 is 3.31. The van der Waals surface area contributed by atoms with Crippen LogP contribution < -0.4 is 10.4 Å². The number of ether oxygens (including phenoxy) is 1. The zero-order chi connectivity index (χ0) is 18.6. The van der Waals surface area contributed by atoms with Crippen LogP contribution >= 0.6 is 23.1 Å². The molecule has 3 heterocycles. The van der Waals surface area contributed by atoms with Crippen LogP contribution in [-0.4, -0.2) is 21.9 Å². The Labute approximate surface area is 163 Å². The number of hydrogen-bond donors (Lipinski definition) is 0. The van der Waals surface area contributed by atoms with Gasteiger partial charge in [-0.05, 0) is 35.6 Å². The van der Waals surface area contributed by atoms with Crippen LogP contribution in [0.15, 0.2) is 62.5 Å². The quantitative estimate of drug-likeness (QED) is 0.346. The highest BCUT2D eigenvalue weighted by molar-refractivity contribution is 7.98. The predicted octanol–water partition coefficient (Wildman–Crippen LogP) is 3.99. The van der Waals surface area contributed by atoms with Crippen molar-refractivity contribution in [3.05, 3.63) is 69.0 Å². The number of aromatic nitrogens is 3. The van der Waals surface area contributed by atoms with Gasteiger partial charge in [0, 0.05) is 34.7 Å². The molecule has 0 atom stereocenters. The minimum atomic E-state index is -0.370. The van der Waals surface area contributed by atoms with Gasteiger partial charge in [0.1, 0.15) is 17.7 Å². The molecule has 3 aromatic heterocycles. The van der Waals surface area contributed by atoms with Crippen LogP contribution in [0.2, 0.25) is 0 Å². The Hall–Kier alpha value is -2.58. The molecule has 27 heavy (non-hydrogen) atoms. The molecular formula is C19H17N3O3S2. The molecule has 0 aliphatic rings. The molecule has 0 amide bonds. The molecule has 0 unspecified atom stereocenters. The summed E-state index contributed by atoms with van der Waals surface area (Å²) in [4.78, 5) is 13.3. The predicted molar refractivity (Wildman–Crippen MR) is 107 cm³/mol. The Balaban J connectivity index is 1.52. The summed E-state index contributed by atoms with van der Waals surface area (Å²) in [5, 5.41) is 12.1. The smallest absolute Gasteiger partial charge is 0.336 e. The first-order valence-electron chi connectivity index (χ1n) is 8.37. The monoisotopic (exact) mass is 399 g/mol. The molecule has 6 nitrogen and oxygen atoms in total. The third-order valence-electron chi connectivity index (χ3n) is 4.15. The second-order valence-electron chi connectivity index (χ2n) is 5.88. The van der Waals surface area contributed by atoms with Gasteiger partial charge in [-0.1, -0.05) is 17.8 Å². The molecule has 0 N–H and O–H groups in total. The van der Waals surface area contributed by atoms with E-state index < -0.39 is 0 Å². The standard InChI is InChI=1S/C19H17N3O3S2/c1-24-14-4-5-16-13(9-18(23)25-17(16)10-14)11-27-19-21-20-12-22(19)7-6-15-3-2-8-26-15/h2-5,8-10,12H,6-7,11H2,1H3. The van der Waals surface area contributed by atoms with Crippen molar-refractivity contribution >= 4 is 34.1 Å². The van der Waals surface area contributed by atoms with Gasteiger partial charge in [-0.2, -0.15) is 0 Å². The summed E-state index contributed by atoms with van der Waals surface area (Å²) in [6.07, 6.45) is 2.69. The Morgan fingerprint density at radius 3 is 3.04 bits per heavy atom. The van der Waals surface area contributed by atoms with Crippen molar-refractivity contribution < 1.29 is 9.15 Å². The Morgan fingerprint density at radius 1 is 1.30 bits per heavy atom. The van der Waals surface area contributed by atoms with E-state index >= 15 is 0 Å². The maximum atomic E-state index is 11.9. The normalized spacial score (nSPS) is 11.1. The fourth-order valence-corrected chi connectivity index (χ4v) is 4.42. The van der Waals surface area contributed by atoms with Crippen molar-refractivity contribution in [2.45, 2.75) is 23.9 Å². The number of thiophene rings is 1. The second kappa shape index (κ2) is 7.98. The molecule has 0 saturated carbocycles. The summed E-state index contributed by atoms with van der Waals surface area (Å²) in [6.45, 7) is 0.824. The fraction of sp³-hybridized carbons (Fsp3) is 0.211. The van der Waals surface area contributed by atoms with Crippen molar-refractivity contribution in [1.29, 1.82) is 0 Å². The molecule has 0 aliphatic carbocycles. The maximum Gasteiger partial charge on any atom is 0.336 e. The van der Waals surface area contributed by atoms with E-state index in [1.807, 2.05) is 16.7 Å². The van der Waals surface area contributed by atoms with Crippen molar-refractivity contribution in [1.82, 2.24) is 14.8 Å². The molecule has 8 heteroatoms. The van der Waals surface area contributed by atoms with Gasteiger partial charge in [-0.15, -0.1) is 21.5 Å². The highest BCUT2D eigenvalue weighted by atomic mass is 32.2. The number of aryl methyl sites for hydroxylation is 2. The van der Waals surface area contributed by atoms with E-state index in [4.69, 9.17) is 9.15 Å². The number of hydrogen-bond acceptors (Lipinski definition) is 7. The van der Waals surface area contributed by atoms with E-state index in [9.17, 15) is 4.79 Å². The number of thioether (sulfide) groups is 1. The van der Waals surface area contributed by atoms with Crippen LogP contribution in [-0.2, 0) is 18.7 Å². The zero-order valence-electron chi connectivity index (χ0n) is 14.6. The largest absolute Gasteiger partial charge is 0.497 e. The number of nitrogens with zero attached hydrogens (tertiary/aromatic N) is 3. The van der Waals surface area contributed by atoms with Gasteiger partial charge in [0.15, 0.2) is 5.16 Å². The lowest BCUT2D eigenvalue weighted by Gasteiger charge is -2.08. The van der Waals surface area contributed by atoms with Crippen LogP contribution in [0.5, 0.6) is 5.75 Å².